The molecule has 0 rings (SSSR count). The SMILES string of the molecule is CCOCCCCCC(=O)C(C)(C)OCCOCCO. The predicted molar refractivity (Wildman–Crippen MR) is 77.9 cm³/mol. The van der Waals surface area contributed by atoms with E-state index in [9.17, 15) is 4.79 Å². The minimum Gasteiger partial charge on any atom is -0.394 e. The van der Waals surface area contributed by atoms with Crippen LogP contribution in [0.25, 0.3) is 0 Å². The zero-order valence-electron chi connectivity index (χ0n) is 13.2. The summed E-state index contributed by atoms with van der Waals surface area (Å²) in [5.74, 6) is 0.121. The fraction of sp³-hybridized carbons (Fsp3) is 0.933. The van der Waals surface area contributed by atoms with Crippen LogP contribution >= 0.6 is 0 Å². The Morgan fingerprint density at radius 2 is 1.75 bits per heavy atom. The normalized spacial score (nSPS) is 11.8. The highest BCUT2D eigenvalue weighted by Crippen LogP contribution is 2.15. The maximum Gasteiger partial charge on any atom is 0.164 e. The van der Waals surface area contributed by atoms with Crippen molar-refractivity contribution in [3.63, 3.8) is 0 Å². The lowest BCUT2D eigenvalue weighted by Gasteiger charge is -2.23. The van der Waals surface area contributed by atoms with Crippen LogP contribution in [0.2, 0.25) is 0 Å². The van der Waals surface area contributed by atoms with Gasteiger partial charge in [-0.3, -0.25) is 4.79 Å². The molecule has 20 heavy (non-hydrogen) atoms. The molecule has 0 aliphatic rings. The molecule has 0 saturated heterocycles. The molecule has 0 bridgehead atoms. The van der Waals surface area contributed by atoms with Gasteiger partial charge in [0.1, 0.15) is 5.60 Å². The van der Waals surface area contributed by atoms with Crippen LogP contribution in [0.3, 0.4) is 0 Å². The van der Waals surface area contributed by atoms with Crippen molar-refractivity contribution in [3.05, 3.63) is 0 Å². The van der Waals surface area contributed by atoms with E-state index in [0.717, 1.165) is 32.5 Å². The largest absolute Gasteiger partial charge is 0.394 e. The first-order valence-electron chi connectivity index (χ1n) is 7.48. The van der Waals surface area contributed by atoms with E-state index in [0.29, 0.717) is 26.2 Å². The van der Waals surface area contributed by atoms with E-state index in [1.54, 1.807) is 13.8 Å². The van der Waals surface area contributed by atoms with Crippen molar-refractivity contribution in [2.45, 2.75) is 52.1 Å². The average molecular weight is 290 g/mol. The fourth-order valence-electron chi connectivity index (χ4n) is 1.71. The van der Waals surface area contributed by atoms with E-state index in [1.165, 1.54) is 0 Å². The quantitative estimate of drug-likeness (QED) is 0.495. The molecule has 0 aromatic heterocycles. The highest BCUT2D eigenvalue weighted by Gasteiger charge is 2.27. The van der Waals surface area contributed by atoms with Crippen LogP contribution in [0.15, 0.2) is 0 Å². The summed E-state index contributed by atoms with van der Waals surface area (Å²) in [6, 6.07) is 0. The molecule has 0 saturated carbocycles. The van der Waals surface area contributed by atoms with E-state index in [4.69, 9.17) is 19.3 Å². The highest BCUT2D eigenvalue weighted by atomic mass is 16.5. The van der Waals surface area contributed by atoms with Gasteiger partial charge in [0.2, 0.25) is 0 Å². The maximum absolute atomic E-state index is 12.0. The van der Waals surface area contributed by atoms with Crippen molar-refractivity contribution in [2.75, 3.05) is 39.6 Å². The highest BCUT2D eigenvalue weighted by molar-refractivity contribution is 5.86. The van der Waals surface area contributed by atoms with Crippen LogP contribution in [-0.2, 0) is 19.0 Å². The molecule has 0 unspecified atom stereocenters. The summed E-state index contributed by atoms with van der Waals surface area (Å²) in [7, 11) is 0. The van der Waals surface area contributed by atoms with Crippen molar-refractivity contribution in [2.24, 2.45) is 0 Å². The molecular weight excluding hydrogens is 260 g/mol. The summed E-state index contributed by atoms with van der Waals surface area (Å²) in [4.78, 5) is 12.0. The molecule has 0 aromatic carbocycles. The molecule has 0 amide bonds. The Bertz CT molecular complexity index is 240. The second kappa shape index (κ2) is 12.3. The van der Waals surface area contributed by atoms with Crippen LogP contribution in [0.5, 0.6) is 0 Å². The van der Waals surface area contributed by atoms with Crippen molar-refractivity contribution in [3.8, 4) is 0 Å². The predicted octanol–water partition coefficient (Wildman–Crippen LogP) is 1.96. The van der Waals surface area contributed by atoms with Gasteiger partial charge >= 0.3 is 0 Å². The van der Waals surface area contributed by atoms with Crippen LogP contribution < -0.4 is 0 Å². The van der Waals surface area contributed by atoms with E-state index >= 15 is 0 Å². The number of unbranched alkanes of at least 4 members (excludes halogenated alkanes) is 2. The van der Waals surface area contributed by atoms with E-state index < -0.39 is 5.60 Å². The Hall–Kier alpha value is -0.490. The molecule has 0 radical (unpaired) electrons. The van der Waals surface area contributed by atoms with Gasteiger partial charge < -0.3 is 19.3 Å². The van der Waals surface area contributed by atoms with Gasteiger partial charge in [-0.05, 0) is 33.6 Å². The molecule has 5 heteroatoms. The number of carbonyl (C=O) groups is 1. The molecular formula is C15H30O5. The Kier molecular flexibility index (Phi) is 12.0. The van der Waals surface area contributed by atoms with E-state index in [-0.39, 0.29) is 12.4 Å². The summed E-state index contributed by atoms with van der Waals surface area (Å²) in [5, 5.41) is 8.56. The van der Waals surface area contributed by atoms with Gasteiger partial charge in [0.05, 0.1) is 26.4 Å². The number of hydrogen-bond acceptors (Lipinski definition) is 5. The molecule has 0 aromatic rings. The first kappa shape index (κ1) is 19.5. The number of aliphatic hydroxyl groups is 1. The Labute approximate surface area is 122 Å². The second-order valence-electron chi connectivity index (χ2n) is 5.13. The lowest BCUT2D eigenvalue weighted by Crippen LogP contribution is -2.36. The molecule has 1 N–H and O–H groups in total. The number of aliphatic hydroxyl groups excluding tert-OH is 1. The Balaban J connectivity index is 3.65. The molecule has 0 aliphatic carbocycles. The lowest BCUT2D eigenvalue weighted by molar-refractivity contribution is -0.142. The molecule has 120 valence electrons. The van der Waals surface area contributed by atoms with Crippen molar-refractivity contribution in [1.82, 2.24) is 0 Å². The minimum absolute atomic E-state index is 0.00404. The number of Topliss-reactive ketones (excluding diaryl/α,β-unsaturated/α-hetero) is 1. The summed E-state index contributed by atoms with van der Waals surface area (Å²) >= 11 is 0. The third-order valence-corrected chi connectivity index (χ3v) is 2.99. The Morgan fingerprint density at radius 3 is 2.40 bits per heavy atom. The zero-order valence-corrected chi connectivity index (χ0v) is 13.2. The van der Waals surface area contributed by atoms with Crippen LogP contribution in [0.1, 0.15) is 46.5 Å². The third-order valence-electron chi connectivity index (χ3n) is 2.99. The summed E-state index contributed by atoms with van der Waals surface area (Å²) in [5.41, 5.74) is -0.761. The van der Waals surface area contributed by atoms with Gasteiger partial charge in [-0.1, -0.05) is 6.42 Å². The Morgan fingerprint density at radius 1 is 1.00 bits per heavy atom. The zero-order chi connectivity index (χ0) is 15.3. The number of hydrogen-bond donors (Lipinski definition) is 1. The standard InChI is InChI=1S/C15H30O5/c1-4-18-10-7-5-6-8-14(17)15(2,3)20-13-12-19-11-9-16/h16H,4-13H2,1-3H3. The summed E-state index contributed by atoms with van der Waals surface area (Å²) in [6.07, 6.45) is 3.41. The lowest BCUT2D eigenvalue weighted by atomic mass is 9.98. The molecule has 0 fully saturated rings. The molecule has 5 nitrogen and oxygen atoms in total. The molecule has 0 spiro atoms. The van der Waals surface area contributed by atoms with Crippen LogP contribution in [0, 0.1) is 0 Å². The molecule has 0 heterocycles. The molecule has 0 aliphatic heterocycles. The maximum atomic E-state index is 12.0. The third kappa shape index (κ3) is 10.3. The molecule has 0 atom stereocenters. The smallest absolute Gasteiger partial charge is 0.164 e. The summed E-state index contributed by atoms with van der Waals surface area (Å²) < 4.78 is 15.9. The number of ketones is 1. The van der Waals surface area contributed by atoms with Gasteiger partial charge in [0.25, 0.3) is 0 Å². The van der Waals surface area contributed by atoms with E-state index in [1.807, 2.05) is 6.92 Å². The van der Waals surface area contributed by atoms with Gasteiger partial charge in [-0.15, -0.1) is 0 Å². The minimum atomic E-state index is -0.761. The monoisotopic (exact) mass is 290 g/mol. The summed E-state index contributed by atoms with van der Waals surface area (Å²) in [6.45, 7) is 8.15. The van der Waals surface area contributed by atoms with Gasteiger partial charge in [-0.2, -0.15) is 0 Å². The van der Waals surface area contributed by atoms with Gasteiger partial charge in [0, 0.05) is 19.6 Å². The van der Waals surface area contributed by atoms with Crippen LogP contribution in [0.4, 0.5) is 0 Å². The van der Waals surface area contributed by atoms with Crippen molar-refractivity contribution < 1.29 is 24.1 Å². The number of rotatable bonds is 14. The second-order valence-corrected chi connectivity index (χ2v) is 5.13. The van der Waals surface area contributed by atoms with Crippen molar-refractivity contribution >= 4 is 5.78 Å². The van der Waals surface area contributed by atoms with Crippen LogP contribution in [-0.4, -0.2) is 56.1 Å². The topological polar surface area (TPSA) is 65.0 Å². The van der Waals surface area contributed by atoms with E-state index in [2.05, 4.69) is 0 Å². The first-order chi connectivity index (χ1) is 9.54. The van der Waals surface area contributed by atoms with Crippen molar-refractivity contribution in [1.29, 1.82) is 0 Å². The van der Waals surface area contributed by atoms with Gasteiger partial charge in [-0.25, -0.2) is 0 Å². The van der Waals surface area contributed by atoms with Gasteiger partial charge in [0.15, 0.2) is 5.78 Å². The average Bonchev–Trinajstić information content (AvgIpc) is 2.42. The fourth-order valence-corrected chi connectivity index (χ4v) is 1.71. The number of carbonyl (C=O) groups excluding carboxylic acids is 1. The number of ether oxygens (including phenoxy) is 3. The first-order valence-corrected chi connectivity index (χ1v) is 7.48.